The molecule has 0 aromatic heterocycles. The van der Waals surface area contributed by atoms with Gasteiger partial charge in [0.05, 0.1) is 24.5 Å². The molecule has 1 saturated heterocycles. The van der Waals surface area contributed by atoms with Crippen LogP contribution in [0, 0.1) is 19.7 Å². The molecule has 1 N–H and O–H groups in total. The van der Waals surface area contributed by atoms with E-state index >= 15 is 4.39 Å². The Labute approximate surface area is 239 Å². The van der Waals surface area contributed by atoms with Crippen LogP contribution in [0.5, 0.6) is 17.2 Å². The molecule has 7 nitrogen and oxygen atoms in total. The van der Waals surface area contributed by atoms with Crippen molar-refractivity contribution in [1.82, 2.24) is 0 Å². The summed E-state index contributed by atoms with van der Waals surface area (Å²) in [5.41, 5.74) is 6.39. The minimum Gasteiger partial charge on any atom is -0.492 e. The smallest absolute Gasteiger partial charge is 0.304 e. The Balaban J connectivity index is 1.24. The number of sulfone groups is 1. The number of benzene rings is 3. The molecular formula is C32H33FO7S. The highest BCUT2D eigenvalue weighted by Crippen LogP contribution is 2.45. The van der Waals surface area contributed by atoms with Crippen LogP contribution in [0.15, 0.2) is 42.5 Å². The maximum atomic E-state index is 15.3. The summed E-state index contributed by atoms with van der Waals surface area (Å²) in [7, 11) is -2.96. The van der Waals surface area contributed by atoms with Crippen molar-refractivity contribution in [1.29, 1.82) is 0 Å². The third kappa shape index (κ3) is 5.52. The van der Waals surface area contributed by atoms with Crippen LogP contribution in [0.25, 0.3) is 11.1 Å². The van der Waals surface area contributed by atoms with Gasteiger partial charge in [0.1, 0.15) is 35.3 Å². The van der Waals surface area contributed by atoms with Crippen molar-refractivity contribution in [3.8, 4) is 28.4 Å². The lowest BCUT2D eigenvalue weighted by Crippen LogP contribution is -2.30. The van der Waals surface area contributed by atoms with E-state index in [1.165, 1.54) is 6.07 Å². The summed E-state index contributed by atoms with van der Waals surface area (Å²) in [6.07, 6.45) is 1.72. The molecule has 0 amide bonds. The lowest BCUT2D eigenvalue weighted by atomic mass is 9.90. The number of carboxylic acid groups (broad SMARTS) is 1. The van der Waals surface area contributed by atoms with Crippen molar-refractivity contribution < 1.29 is 36.9 Å². The molecule has 0 saturated carbocycles. The van der Waals surface area contributed by atoms with Crippen LogP contribution in [-0.4, -0.2) is 43.7 Å². The fourth-order valence-electron chi connectivity index (χ4n) is 6.50. The normalized spacial score (nSPS) is 21.1. The molecule has 0 unspecified atom stereocenters. The van der Waals surface area contributed by atoms with Crippen molar-refractivity contribution in [3.05, 3.63) is 76.1 Å². The zero-order chi connectivity index (χ0) is 28.9. The number of fused-ring (bicyclic) bond motifs is 2. The summed E-state index contributed by atoms with van der Waals surface area (Å²) in [5.74, 6) is 0.854. The third-order valence-corrected chi connectivity index (χ3v) is 10.1. The van der Waals surface area contributed by atoms with E-state index in [1.807, 2.05) is 38.1 Å². The molecule has 0 bridgehead atoms. The van der Waals surface area contributed by atoms with E-state index in [-0.39, 0.29) is 35.8 Å². The second-order valence-electron chi connectivity index (χ2n) is 11.3. The van der Waals surface area contributed by atoms with Gasteiger partial charge < -0.3 is 19.3 Å². The van der Waals surface area contributed by atoms with E-state index in [0.717, 1.165) is 39.1 Å². The monoisotopic (exact) mass is 580 g/mol. The number of ether oxygens (including phenoxy) is 3. The SMILES string of the molecule is Cc1cc(OC2CCS(=O)(=O)CC2)cc(C)c1-c1ccc(F)c2c1CC[C@H]2Oc1ccc2c(c1)OC[C@H]2CC(=O)O. The van der Waals surface area contributed by atoms with Crippen molar-refractivity contribution in [2.24, 2.45) is 0 Å². The predicted molar refractivity (Wildman–Crippen MR) is 152 cm³/mol. The average molecular weight is 581 g/mol. The summed E-state index contributed by atoms with van der Waals surface area (Å²) in [6.45, 7) is 4.35. The second kappa shape index (κ2) is 10.7. The van der Waals surface area contributed by atoms with Gasteiger partial charge in [0.15, 0.2) is 9.84 Å². The number of carboxylic acids is 1. The Bertz CT molecular complexity index is 1590. The van der Waals surface area contributed by atoms with Crippen molar-refractivity contribution >= 4 is 15.8 Å². The highest BCUT2D eigenvalue weighted by Gasteiger charge is 2.32. The Morgan fingerprint density at radius 3 is 2.44 bits per heavy atom. The highest BCUT2D eigenvalue weighted by atomic mass is 32.2. The number of hydrogen-bond acceptors (Lipinski definition) is 6. The first-order valence-corrected chi connectivity index (χ1v) is 15.9. The third-order valence-electron chi connectivity index (χ3n) is 8.43. The van der Waals surface area contributed by atoms with Crippen LogP contribution < -0.4 is 14.2 Å². The van der Waals surface area contributed by atoms with Gasteiger partial charge in [-0.15, -0.1) is 0 Å². The number of rotatable bonds is 7. The van der Waals surface area contributed by atoms with Crippen LogP contribution in [-0.2, 0) is 21.1 Å². The van der Waals surface area contributed by atoms with Crippen LogP contribution in [0.2, 0.25) is 0 Å². The molecule has 41 heavy (non-hydrogen) atoms. The fourth-order valence-corrected chi connectivity index (χ4v) is 7.94. The van der Waals surface area contributed by atoms with E-state index in [4.69, 9.17) is 19.3 Å². The van der Waals surface area contributed by atoms with Gasteiger partial charge in [-0.1, -0.05) is 12.1 Å². The molecule has 3 aliphatic rings. The van der Waals surface area contributed by atoms with Crippen LogP contribution in [0.3, 0.4) is 0 Å². The molecule has 2 aliphatic heterocycles. The molecule has 2 atom stereocenters. The molecule has 9 heteroatoms. The van der Waals surface area contributed by atoms with Gasteiger partial charge in [0.2, 0.25) is 0 Å². The van der Waals surface area contributed by atoms with E-state index < -0.39 is 21.9 Å². The van der Waals surface area contributed by atoms with Gasteiger partial charge in [-0.2, -0.15) is 0 Å². The van der Waals surface area contributed by atoms with E-state index in [0.29, 0.717) is 49.4 Å². The Morgan fingerprint density at radius 2 is 1.73 bits per heavy atom. The summed E-state index contributed by atoms with van der Waals surface area (Å²) >= 11 is 0. The number of carbonyl (C=O) groups is 1. The second-order valence-corrected chi connectivity index (χ2v) is 13.6. The Hall–Kier alpha value is -3.59. The lowest BCUT2D eigenvalue weighted by Gasteiger charge is -2.24. The molecule has 1 fully saturated rings. The molecule has 6 rings (SSSR count). The van der Waals surface area contributed by atoms with E-state index in [9.17, 15) is 13.2 Å². The minimum absolute atomic E-state index is 0.00797. The standard InChI is InChI=1S/C32H33FO7S/c1-18-13-23(39-21-9-11-41(36,37)12-10-21)14-19(2)31(18)25-5-7-27(33)32-26(25)6-8-28(32)40-22-3-4-24-20(15-30(34)35)17-38-29(24)16-22/h3-5,7,13-14,16,20-21,28H,6,8-12,15,17H2,1-2H3,(H,34,35)/t20-,28-/m1/s1. The molecule has 216 valence electrons. The van der Waals surface area contributed by atoms with Gasteiger partial charge in [0, 0.05) is 23.1 Å². The molecule has 3 aromatic carbocycles. The van der Waals surface area contributed by atoms with Crippen LogP contribution in [0.1, 0.15) is 65.5 Å². The summed E-state index contributed by atoms with van der Waals surface area (Å²) in [6, 6.07) is 12.7. The molecule has 0 spiro atoms. The fraction of sp³-hybridized carbons (Fsp3) is 0.406. The number of halogens is 1. The van der Waals surface area contributed by atoms with Gasteiger partial charge in [-0.05, 0) is 91.6 Å². The van der Waals surface area contributed by atoms with E-state index in [1.54, 1.807) is 12.1 Å². The number of aliphatic carboxylic acids is 1. The van der Waals surface area contributed by atoms with Gasteiger partial charge in [-0.25, -0.2) is 12.8 Å². The first-order valence-electron chi connectivity index (χ1n) is 14.0. The van der Waals surface area contributed by atoms with Crippen LogP contribution >= 0.6 is 0 Å². The van der Waals surface area contributed by atoms with Gasteiger partial charge >= 0.3 is 5.97 Å². The van der Waals surface area contributed by atoms with Gasteiger partial charge in [-0.3, -0.25) is 4.79 Å². The molecule has 2 heterocycles. The first kappa shape index (κ1) is 27.6. The average Bonchev–Trinajstić information content (AvgIpc) is 3.51. The Kier molecular flexibility index (Phi) is 7.18. The predicted octanol–water partition coefficient (Wildman–Crippen LogP) is 6.08. The Morgan fingerprint density at radius 1 is 1.00 bits per heavy atom. The highest BCUT2D eigenvalue weighted by molar-refractivity contribution is 7.91. The maximum absolute atomic E-state index is 15.3. The minimum atomic E-state index is -2.96. The topological polar surface area (TPSA) is 99.1 Å². The zero-order valence-electron chi connectivity index (χ0n) is 23.1. The quantitative estimate of drug-likeness (QED) is 0.362. The molecular weight excluding hydrogens is 547 g/mol. The first-order chi connectivity index (χ1) is 19.6. The summed E-state index contributed by atoms with van der Waals surface area (Å²) in [4.78, 5) is 11.2. The summed E-state index contributed by atoms with van der Waals surface area (Å²) in [5, 5.41) is 9.16. The molecule has 0 radical (unpaired) electrons. The lowest BCUT2D eigenvalue weighted by molar-refractivity contribution is -0.137. The van der Waals surface area contributed by atoms with E-state index in [2.05, 4.69) is 0 Å². The van der Waals surface area contributed by atoms with Crippen LogP contribution in [0.4, 0.5) is 4.39 Å². The molecule has 1 aliphatic carbocycles. The summed E-state index contributed by atoms with van der Waals surface area (Å²) < 4.78 is 57.0. The van der Waals surface area contributed by atoms with Crippen molar-refractivity contribution in [3.63, 3.8) is 0 Å². The maximum Gasteiger partial charge on any atom is 0.304 e. The number of hydrogen-bond donors (Lipinski definition) is 1. The van der Waals surface area contributed by atoms with Crippen molar-refractivity contribution in [2.45, 2.75) is 64.1 Å². The largest absolute Gasteiger partial charge is 0.492 e. The zero-order valence-corrected chi connectivity index (χ0v) is 23.9. The molecule has 3 aromatic rings. The van der Waals surface area contributed by atoms with Gasteiger partial charge in [0.25, 0.3) is 0 Å². The van der Waals surface area contributed by atoms with Crippen molar-refractivity contribution in [2.75, 3.05) is 18.1 Å². The number of aryl methyl sites for hydroxylation is 2.